The van der Waals surface area contributed by atoms with Crippen LogP contribution in [0.25, 0.3) is 0 Å². The molecule has 1 aliphatic carbocycles. The second kappa shape index (κ2) is 6.46. The Kier molecular flexibility index (Phi) is 4.87. The van der Waals surface area contributed by atoms with Crippen molar-refractivity contribution in [3.63, 3.8) is 0 Å². The Bertz CT molecular complexity index is 495. The number of aliphatic hydroxyl groups excluding tert-OH is 1. The topological polar surface area (TPSA) is 67.2 Å². The van der Waals surface area contributed by atoms with Gasteiger partial charge in [-0.1, -0.05) is 6.42 Å². The molecule has 0 saturated heterocycles. The number of carbonyl (C=O) groups is 1. The summed E-state index contributed by atoms with van der Waals surface area (Å²) >= 11 is 0. The number of amides is 1. The molecule has 2 N–H and O–H groups in total. The smallest absolute Gasteiger partial charge is 0.396 e. The molecule has 1 heterocycles. The van der Waals surface area contributed by atoms with Gasteiger partial charge in [0.25, 0.3) is 0 Å². The van der Waals surface area contributed by atoms with Crippen molar-refractivity contribution >= 4 is 5.91 Å². The summed E-state index contributed by atoms with van der Waals surface area (Å²) in [6.07, 6.45) is -0.223. The van der Waals surface area contributed by atoms with Gasteiger partial charge in [0.15, 0.2) is 5.69 Å². The predicted octanol–water partition coefficient (Wildman–Crippen LogP) is 1.35. The zero-order valence-electron chi connectivity index (χ0n) is 11.5. The van der Waals surface area contributed by atoms with Crippen molar-refractivity contribution in [2.24, 2.45) is 5.92 Å². The largest absolute Gasteiger partial charge is 0.435 e. The van der Waals surface area contributed by atoms with Gasteiger partial charge in [-0.25, -0.2) is 0 Å². The van der Waals surface area contributed by atoms with Crippen LogP contribution in [0.1, 0.15) is 30.5 Å². The van der Waals surface area contributed by atoms with Gasteiger partial charge in [0.1, 0.15) is 6.54 Å². The first-order chi connectivity index (χ1) is 9.90. The number of carbonyl (C=O) groups excluding carboxylic acids is 1. The highest BCUT2D eigenvalue weighted by Gasteiger charge is 2.37. The minimum Gasteiger partial charge on any atom is -0.396 e. The van der Waals surface area contributed by atoms with E-state index in [0.717, 1.165) is 17.5 Å². The molecule has 1 saturated carbocycles. The summed E-state index contributed by atoms with van der Waals surface area (Å²) in [6, 6.07) is 0. The fourth-order valence-corrected chi connectivity index (χ4v) is 2.24. The molecule has 0 spiro atoms. The summed E-state index contributed by atoms with van der Waals surface area (Å²) < 4.78 is 39.3. The average Bonchev–Trinajstić information content (AvgIpc) is 2.70. The fourth-order valence-electron chi connectivity index (χ4n) is 2.24. The van der Waals surface area contributed by atoms with Crippen LogP contribution in [0.4, 0.5) is 13.2 Å². The first kappa shape index (κ1) is 15.8. The van der Waals surface area contributed by atoms with Gasteiger partial charge in [0.05, 0.1) is 0 Å². The van der Waals surface area contributed by atoms with Gasteiger partial charge in [-0.2, -0.15) is 18.3 Å². The number of hydrogen-bond acceptors (Lipinski definition) is 3. The minimum atomic E-state index is -4.59. The number of nitrogens with one attached hydrogen (secondary N) is 1. The highest BCUT2D eigenvalue weighted by Crippen LogP contribution is 2.30. The normalized spacial score (nSPS) is 15.8. The van der Waals surface area contributed by atoms with Crippen molar-refractivity contribution in [1.82, 2.24) is 15.1 Å². The third kappa shape index (κ3) is 4.20. The second-order valence-corrected chi connectivity index (χ2v) is 5.27. The van der Waals surface area contributed by atoms with E-state index in [1.54, 1.807) is 0 Å². The standard InChI is InChI=1S/C13H18F3N3O2/c14-13(15,16)12-10(4-5-20)7-19(18-12)8-11(21)17-6-9-2-1-3-9/h7,9,20H,1-6,8H2,(H,17,21). The molecule has 1 aromatic heterocycles. The van der Waals surface area contributed by atoms with Crippen molar-refractivity contribution in [1.29, 1.82) is 0 Å². The molecule has 0 bridgehead atoms. The lowest BCUT2D eigenvalue weighted by molar-refractivity contribution is -0.142. The molecule has 8 heteroatoms. The quantitative estimate of drug-likeness (QED) is 0.834. The lowest BCUT2D eigenvalue weighted by Crippen LogP contribution is -2.34. The fraction of sp³-hybridized carbons (Fsp3) is 0.692. The summed E-state index contributed by atoms with van der Waals surface area (Å²) in [7, 11) is 0. The van der Waals surface area contributed by atoms with Gasteiger partial charge in [-0.15, -0.1) is 0 Å². The molecule has 1 amide bonds. The zero-order valence-corrected chi connectivity index (χ0v) is 11.5. The second-order valence-electron chi connectivity index (χ2n) is 5.27. The molecule has 0 atom stereocenters. The summed E-state index contributed by atoms with van der Waals surface area (Å²) in [6.45, 7) is -0.0837. The van der Waals surface area contributed by atoms with Crippen molar-refractivity contribution < 1.29 is 23.1 Å². The Morgan fingerprint density at radius 1 is 1.48 bits per heavy atom. The molecule has 0 aliphatic heterocycles. The van der Waals surface area contributed by atoms with Crippen molar-refractivity contribution in [2.45, 2.75) is 38.4 Å². The molecule has 0 unspecified atom stereocenters. The van der Waals surface area contributed by atoms with Gasteiger partial charge in [-0.3, -0.25) is 9.48 Å². The van der Waals surface area contributed by atoms with Crippen LogP contribution in [0.15, 0.2) is 6.20 Å². The van der Waals surface area contributed by atoms with Crippen LogP contribution in [-0.4, -0.2) is 33.9 Å². The van der Waals surface area contributed by atoms with E-state index in [1.165, 1.54) is 12.6 Å². The number of nitrogens with zero attached hydrogens (tertiary/aromatic N) is 2. The van der Waals surface area contributed by atoms with E-state index in [1.807, 2.05) is 0 Å². The first-order valence-electron chi connectivity index (χ1n) is 6.91. The van der Waals surface area contributed by atoms with Crippen molar-refractivity contribution in [3.05, 3.63) is 17.5 Å². The summed E-state index contributed by atoms with van der Waals surface area (Å²) in [5, 5.41) is 14.9. The lowest BCUT2D eigenvalue weighted by atomic mass is 9.85. The summed E-state index contributed by atoms with van der Waals surface area (Å²) in [5.74, 6) is 0.135. The SMILES string of the molecule is O=C(Cn1cc(CCO)c(C(F)(F)F)n1)NCC1CCC1. The molecule has 118 valence electrons. The number of aromatic nitrogens is 2. The Morgan fingerprint density at radius 3 is 2.71 bits per heavy atom. The van der Waals surface area contributed by atoms with Gasteiger partial charge < -0.3 is 10.4 Å². The Hall–Kier alpha value is -1.57. The van der Waals surface area contributed by atoms with E-state index in [-0.39, 0.29) is 24.4 Å². The summed E-state index contributed by atoms with van der Waals surface area (Å²) in [5.41, 5.74) is -1.14. The maximum absolute atomic E-state index is 12.8. The zero-order chi connectivity index (χ0) is 15.5. The molecule has 21 heavy (non-hydrogen) atoms. The molecule has 0 radical (unpaired) electrons. The van der Waals surface area contributed by atoms with Crippen LogP contribution in [0.2, 0.25) is 0 Å². The minimum absolute atomic E-state index is 0.100. The highest BCUT2D eigenvalue weighted by atomic mass is 19.4. The molecule has 1 aliphatic rings. The van der Waals surface area contributed by atoms with Crippen LogP contribution in [0.5, 0.6) is 0 Å². The number of halogens is 3. The number of hydrogen-bond donors (Lipinski definition) is 2. The highest BCUT2D eigenvalue weighted by molar-refractivity contribution is 5.75. The Labute approximate surface area is 120 Å². The van der Waals surface area contributed by atoms with Crippen molar-refractivity contribution in [2.75, 3.05) is 13.2 Å². The third-order valence-corrected chi connectivity index (χ3v) is 3.61. The average molecular weight is 305 g/mol. The van der Waals surface area contributed by atoms with E-state index in [4.69, 9.17) is 5.11 Å². The number of rotatable bonds is 6. The molecule has 0 aromatic carbocycles. The molecular weight excluding hydrogens is 287 g/mol. The van der Waals surface area contributed by atoms with Crippen LogP contribution < -0.4 is 5.32 Å². The Balaban J connectivity index is 1.97. The maximum Gasteiger partial charge on any atom is 0.435 e. The molecular formula is C13H18F3N3O2. The maximum atomic E-state index is 12.8. The van der Waals surface area contributed by atoms with Gasteiger partial charge >= 0.3 is 6.18 Å². The van der Waals surface area contributed by atoms with Crippen molar-refractivity contribution in [3.8, 4) is 0 Å². The number of alkyl halides is 3. The monoisotopic (exact) mass is 305 g/mol. The van der Waals surface area contributed by atoms with Crippen LogP contribution in [0, 0.1) is 5.92 Å². The van der Waals surface area contributed by atoms with E-state index in [2.05, 4.69) is 10.4 Å². The Morgan fingerprint density at radius 2 is 2.19 bits per heavy atom. The lowest BCUT2D eigenvalue weighted by Gasteiger charge is -2.25. The van der Waals surface area contributed by atoms with Crippen LogP contribution in [0.3, 0.4) is 0 Å². The predicted molar refractivity (Wildman–Crippen MR) is 68.4 cm³/mol. The van der Waals surface area contributed by atoms with E-state index >= 15 is 0 Å². The van der Waals surface area contributed by atoms with Crippen LogP contribution in [-0.2, 0) is 23.9 Å². The molecule has 5 nitrogen and oxygen atoms in total. The molecule has 1 fully saturated rings. The van der Waals surface area contributed by atoms with Gasteiger partial charge in [0.2, 0.25) is 5.91 Å². The first-order valence-corrected chi connectivity index (χ1v) is 6.91. The van der Waals surface area contributed by atoms with E-state index in [0.29, 0.717) is 12.5 Å². The molecule has 1 aromatic rings. The summed E-state index contributed by atoms with van der Waals surface area (Å²) in [4.78, 5) is 11.7. The number of aliphatic hydroxyl groups is 1. The van der Waals surface area contributed by atoms with Crippen LogP contribution >= 0.6 is 0 Å². The van der Waals surface area contributed by atoms with E-state index < -0.39 is 18.5 Å². The van der Waals surface area contributed by atoms with Gasteiger partial charge in [0, 0.05) is 24.9 Å². The van der Waals surface area contributed by atoms with E-state index in [9.17, 15) is 18.0 Å². The van der Waals surface area contributed by atoms with Gasteiger partial charge in [-0.05, 0) is 25.2 Å². The molecule has 2 rings (SSSR count). The third-order valence-electron chi connectivity index (χ3n) is 3.61.